The number of hydrogen-bond donors (Lipinski definition) is 0. The molecule has 2 bridgehead atoms. The number of carbonyl (C=O) groups excluding carboxylic acids is 1. The average molecular weight is 341 g/mol. The van der Waals surface area contributed by atoms with Crippen LogP contribution in [0.2, 0.25) is 0 Å². The molecule has 0 spiro atoms. The molecule has 3 aliphatic rings. The number of nitrogens with zero attached hydrogens (tertiary/aromatic N) is 1. The summed E-state index contributed by atoms with van der Waals surface area (Å²) < 4.78 is 11.3. The van der Waals surface area contributed by atoms with Gasteiger partial charge in [-0.05, 0) is 70.6 Å². The summed E-state index contributed by atoms with van der Waals surface area (Å²) in [6, 6.07) is 6.37. The Hall–Kier alpha value is -1.97. The predicted molar refractivity (Wildman–Crippen MR) is 97.3 cm³/mol. The number of allylic oxidation sites excluding steroid dienone is 1. The molecule has 4 nitrogen and oxygen atoms in total. The summed E-state index contributed by atoms with van der Waals surface area (Å²) in [7, 11) is 0. The maximum absolute atomic E-state index is 13.2. The molecule has 134 valence electrons. The second kappa shape index (κ2) is 6.74. The Kier molecular flexibility index (Phi) is 4.45. The third-order valence-corrected chi connectivity index (χ3v) is 5.61. The van der Waals surface area contributed by atoms with Crippen LogP contribution < -0.4 is 9.47 Å². The first-order valence-corrected chi connectivity index (χ1v) is 9.63. The molecule has 4 heteroatoms. The Balaban J connectivity index is 1.57. The zero-order valence-corrected chi connectivity index (χ0v) is 15.2. The monoisotopic (exact) mass is 341 g/mol. The second-order valence-corrected chi connectivity index (χ2v) is 7.24. The van der Waals surface area contributed by atoms with Crippen LogP contribution in [0.4, 0.5) is 0 Å². The highest BCUT2D eigenvalue weighted by molar-refractivity contribution is 5.95. The van der Waals surface area contributed by atoms with Crippen LogP contribution in [0.15, 0.2) is 29.3 Å². The minimum Gasteiger partial charge on any atom is -0.490 e. The summed E-state index contributed by atoms with van der Waals surface area (Å²) in [4.78, 5) is 15.3. The van der Waals surface area contributed by atoms with Gasteiger partial charge in [0, 0.05) is 17.6 Å². The van der Waals surface area contributed by atoms with Crippen LogP contribution >= 0.6 is 0 Å². The van der Waals surface area contributed by atoms with E-state index in [1.165, 1.54) is 12.8 Å². The first kappa shape index (κ1) is 16.5. The Morgan fingerprint density at radius 1 is 1.00 bits per heavy atom. The van der Waals surface area contributed by atoms with Gasteiger partial charge in [0.15, 0.2) is 11.5 Å². The highest BCUT2D eigenvalue weighted by Crippen LogP contribution is 2.45. The van der Waals surface area contributed by atoms with Gasteiger partial charge in [-0.3, -0.25) is 4.79 Å². The summed E-state index contributed by atoms with van der Waals surface area (Å²) >= 11 is 0. The molecule has 1 aromatic carbocycles. The molecule has 3 fully saturated rings. The van der Waals surface area contributed by atoms with Crippen molar-refractivity contribution < 1.29 is 14.3 Å². The Bertz CT molecular complexity index is 687. The molecular formula is C21H27NO3. The van der Waals surface area contributed by atoms with Crippen molar-refractivity contribution in [2.75, 3.05) is 13.2 Å². The standard InChI is InChI=1S/C21H27NO3/c1-3-24-19-10-7-15(13-20(19)25-4-2)21(23)22-17-8-9-18(22)12-16(11-17)14-5-6-14/h7,10,13,17-18H,3-6,8-9,11-12H2,1-2H3. The first-order valence-electron chi connectivity index (χ1n) is 9.63. The second-order valence-electron chi connectivity index (χ2n) is 7.24. The molecule has 0 N–H and O–H groups in total. The Morgan fingerprint density at radius 3 is 2.24 bits per heavy atom. The highest BCUT2D eigenvalue weighted by atomic mass is 16.5. The molecule has 0 aromatic heterocycles. The number of benzene rings is 1. The molecule has 2 unspecified atom stereocenters. The summed E-state index contributed by atoms with van der Waals surface area (Å²) in [5, 5.41) is 0. The molecular weight excluding hydrogens is 314 g/mol. The van der Waals surface area contributed by atoms with Crippen molar-refractivity contribution >= 4 is 5.91 Å². The quantitative estimate of drug-likeness (QED) is 0.748. The SMILES string of the molecule is CCOc1ccc(C(=O)N2C3CCC2CC(=C2CC2)C3)cc1OCC. The first-order chi connectivity index (χ1) is 12.2. The van der Waals surface area contributed by atoms with Crippen molar-refractivity contribution in [3.63, 3.8) is 0 Å². The Labute approximate surface area is 149 Å². The van der Waals surface area contributed by atoms with Gasteiger partial charge in [0.25, 0.3) is 5.91 Å². The maximum atomic E-state index is 13.2. The van der Waals surface area contributed by atoms with Crippen LogP contribution in [-0.4, -0.2) is 36.1 Å². The number of carbonyl (C=O) groups is 1. The van der Waals surface area contributed by atoms with Crippen molar-refractivity contribution in [1.29, 1.82) is 0 Å². The fourth-order valence-electron chi connectivity index (χ4n) is 4.38. The number of fused-ring (bicyclic) bond motifs is 2. The molecule has 0 radical (unpaired) electrons. The summed E-state index contributed by atoms with van der Waals surface area (Å²) in [5.74, 6) is 1.53. The van der Waals surface area contributed by atoms with Gasteiger partial charge in [-0.15, -0.1) is 0 Å². The van der Waals surface area contributed by atoms with E-state index in [0.717, 1.165) is 25.7 Å². The van der Waals surface area contributed by atoms with Gasteiger partial charge in [-0.1, -0.05) is 11.1 Å². The van der Waals surface area contributed by atoms with Crippen molar-refractivity contribution in [3.8, 4) is 11.5 Å². The zero-order chi connectivity index (χ0) is 17.4. The average Bonchev–Trinajstić information content (AvgIpc) is 3.42. The fourth-order valence-corrected chi connectivity index (χ4v) is 4.38. The van der Waals surface area contributed by atoms with Gasteiger partial charge in [0.1, 0.15) is 0 Å². The lowest BCUT2D eigenvalue weighted by Crippen LogP contribution is -2.44. The zero-order valence-electron chi connectivity index (χ0n) is 15.2. The largest absolute Gasteiger partial charge is 0.490 e. The minimum absolute atomic E-state index is 0.149. The summed E-state index contributed by atoms with van der Waals surface area (Å²) in [5.41, 5.74) is 4.04. The minimum atomic E-state index is 0.149. The maximum Gasteiger partial charge on any atom is 0.254 e. The van der Waals surface area contributed by atoms with Crippen molar-refractivity contribution in [2.45, 2.75) is 64.5 Å². The lowest BCUT2D eigenvalue weighted by atomic mass is 9.95. The fraction of sp³-hybridized carbons (Fsp3) is 0.571. The summed E-state index contributed by atoms with van der Waals surface area (Å²) in [6.45, 7) is 5.04. The van der Waals surface area contributed by atoms with E-state index in [2.05, 4.69) is 4.90 Å². The number of rotatable bonds is 5. The smallest absolute Gasteiger partial charge is 0.254 e. The highest BCUT2D eigenvalue weighted by Gasteiger charge is 2.42. The third kappa shape index (κ3) is 3.14. The normalized spacial score (nSPS) is 24.5. The Morgan fingerprint density at radius 2 is 1.64 bits per heavy atom. The number of ether oxygens (including phenoxy) is 2. The van der Waals surface area contributed by atoms with E-state index in [-0.39, 0.29) is 5.91 Å². The third-order valence-electron chi connectivity index (χ3n) is 5.61. The topological polar surface area (TPSA) is 38.8 Å². The molecule has 2 saturated heterocycles. The van der Waals surface area contributed by atoms with Crippen molar-refractivity contribution in [2.24, 2.45) is 0 Å². The van der Waals surface area contributed by atoms with Crippen LogP contribution in [-0.2, 0) is 0 Å². The van der Waals surface area contributed by atoms with E-state index in [9.17, 15) is 4.79 Å². The molecule has 1 amide bonds. The molecule has 2 atom stereocenters. The van der Waals surface area contributed by atoms with Gasteiger partial charge < -0.3 is 14.4 Å². The van der Waals surface area contributed by atoms with Crippen LogP contribution in [0, 0.1) is 0 Å². The van der Waals surface area contributed by atoms with Crippen LogP contribution in [0.3, 0.4) is 0 Å². The van der Waals surface area contributed by atoms with Crippen molar-refractivity contribution in [1.82, 2.24) is 4.90 Å². The van der Waals surface area contributed by atoms with E-state index < -0.39 is 0 Å². The lowest BCUT2D eigenvalue weighted by molar-refractivity contribution is 0.0633. The van der Waals surface area contributed by atoms with Gasteiger partial charge in [-0.25, -0.2) is 0 Å². The number of amides is 1. The van der Waals surface area contributed by atoms with Gasteiger partial charge in [-0.2, -0.15) is 0 Å². The molecule has 4 rings (SSSR count). The van der Waals surface area contributed by atoms with Gasteiger partial charge in [0.05, 0.1) is 13.2 Å². The van der Waals surface area contributed by atoms with Crippen molar-refractivity contribution in [3.05, 3.63) is 34.9 Å². The molecule has 2 aliphatic heterocycles. The number of hydrogen-bond acceptors (Lipinski definition) is 3. The van der Waals surface area contributed by atoms with E-state index in [0.29, 0.717) is 42.4 Å². The van der Waals surface area contributed by atoms with Gasteiger partial charge in [0.2, 0.25) is 0 Å². The van der Waals surface area contributed by atoms with E-state index in [1.54, 1.807) is 11.1 Å². The summed E-state index contributed by atoms with van der Waals surface area (Å²) in [6.07, 6.45) is 7.05. The molecule has 1 saturated carbocycles. The lowest BCUT2D eigenvalue weighted by Gasteiger charge is -2.36. The van der Waals surface area contributed by atoms with Crippen LogP contribution in [0.5, 0.6) is 11.5 Å². The predicted octanol–water partition coefficient (Wildman–Crippen LogP) is 4.34. The number of piperidine rings is 1. The van der Waals surface area contributed by atoms with Crippen LogP contribution in [0.1, 0.15) is 62.7 Å². The molecule has 1 aromatic rings. The molecule has 1 aliphatic carbocycles. The molecule has 25 heavy (non-hydrogen) atoms. The van der Waals surface area contributed by atoms with E-state index in [1.807, 2.05) is 32.0 Å². The van der Waals surface area contributed by atoms with Crippen LogP contribution in [0.25, 0.3) is 0 Å². The van der Waals surface area contributed by atoms with E-state index >= 15 is 0 Å². The van der Waals surface area contributed by atoms with Gasteiger partial charge >= 0.3 is 0 Å². The van der Waals surface area contributed by atoms with E-state index in [4.69, 9.17) is 9.47 Å². The molecule has 2 heterocycles.